The Labute approximate surface area is 135 Å². The van der Waals surface area contributed by atoms with E-state index in [2.05, 4.69) is 20.3 Å². The van der Waals surface area contributed by atoms with Gasteiger partial charge in [-0.2, -0.15) is 4.98 Å². The largest absolute Gasteiger partial charge is 0.444 e. The molecule has 122 valence electrons. The third-order valence-electron chi connectivity index (χ3n) is 3.26. The number of halogens is 1. The molecule has 8 heteroatoms. The Morgan fingerprint density at radius 1 is 1.36 bits per heavy atom. The van der Waals surface area contributed by atoms with Crippen molar-refractivity contribution in [1.82, 2.24) is 19.9 Å². The lowest BCUT2D eigenvalue weighted by Gasteiger charge is -2.26. The van der Waals surface area contributed by atoms with Gasteiger partial charge in [-0.1, -0.05) is 0 Å². The molecule has 7 nitrogen and oxygen atoms in total. The van der Waals surface area contributed by atoms with Gasteiger partial charge in [-0.05, 0) is 51.6 Å². The van der Waals surface area contributed by atoms with Crippen molar-refractivity contribution in [2.24, 2.45) is 0 Å². The number of hydrogen-bond donors (Lipinski definition) is 1. The van der Waals surface area contributed by atoms with Crippen LogP contribution in [0.4, 0.5) is 10.7 Å². The molecule has 1 N–H and O–H groups in total. The zero-order chi connectivity index (χ0) is 16.2. The highest BCUT2D eigenvalue weighted by molar-refractivity contribution is 6.28. The number of nitrogens with one attached hydrogen (secondary N) is 1. The molecule has 0 bridgehead atoms. The number of nitrogens with zero attached hydrogens (tertiary/aromatic N) is 4. The zero-order valence-corrected chi connectivity index (χ0v) is 13.9. The Morgan fingerprint density at radius 3 is 2.82 bits per heavy atom. The lowest BCUT2D eigenvalue weighted by Crippen LogP contribution is -2.37. The second-order valence-electron chi connectivity index (χ2n) is 6.32. The first kappa shape index (κ1) is 16.7. The summed E-state index contributed by atoms with van der Waals surface area (Å²) in [4.78, 5) is 25.7. The Bertz CT molecular complexity index is 520. The highest BCUT2D eigenvalue weighted by Gasteiger charge is 2.25. The summed E-state index contributed by atoms with van der Waals surface area (Å²) in [6, 6.07) is 0.200. The number of rotatable bonds is 2. The first-order valence-electron chi connectivity index (χ1n) is 7.42. The Morgan fingerprint density at radius 2 is 2.14 bits per heavy atom. The van der Waals surface area contributed by atoms with Gasteiger partial charge in [-0.25, -0.2) is 14.8 Å². The minimum absolute atomic E-state index is 0.168. The van der Waals surface area contributed by atoms with Crippen LogP contribution in [-0.2, 0) is 4.74 Å². The molecule has 0 radical (unpaired) electrons. The highest BCUT2D eigenvalue weighted by atomic mass is 35.5. The number of likely N-dealkylation sites (tertiary alicyclic amines) is 1. The molecule has 1 aliphatic heterocycles. The molecule has 1 aromatic heterocycles. The molecule has 0 aliphatic carbocycles. The maximum absolute atomic E-state index is 12.1. The minimum Gasteiger partial charge on any atom is -0.444 e. The lowest BCUT2D eigenvalue weighted by molar-refractivity contribution is 0.0256. The Hall–Kier alpha value is -1.63. The van der Waals surface area contributed by atoms with Gasteiger partial charge in [0.25, 0.3) is 0 Å². The van der Waals surface area contributed by atoms with Crippen molar-refractivity contribution in [3.8, 4) is 0 Å². The molecule has 0 spiro atoms. The summed E-state index contributed by atoms with van der Waals surface area (Å²) in [5, 5.41) is 3.41. The standard InChI is InChI=1S/C14H22ClN5O2/c1-14(2,3)22-13(21)20-7-4-5-10(6-8-20)18-12-17-9-16-11(15)19-12/h9-10H,4-8H2,1-3H3,(H,16,17,18,19). The van der Waals surface area contributed by atoms with Gasteiger partial charge in [-0.3, -0.25) is 0 Å². The van der Waals surface area contributed by atoms with Crippen molar-refractivity contribution >= 4 is 23.6 Å². The monoisotopic (exact) mass is 327 g/mol. The summed E-state index contributed by atoms with van der Waals surface area (Å²) in [5.74, 6) is 0.468. The molecule has 0 saturated carbocycles. The number of carbonyl (C=O) groups is 1. The lowest BCUT2D eigenvalue weighted by atomic mass is 10.1. The molecule has 2 heterocycles. The van der Waals surface area contributed by atoms with E-state index in [9.17, 15) is 4.79 Å². The van der Waals surface area contributed by atoms with Crippen molar-refractivity contribution in [1.29, 1.82) is 0 Å². The van der Waals surface area contributed by atoms with Gasteiger partial charge in [0.1, 0.15) is 11.9 Å². The van der Waals surface area contributed by atoms with Crippen LogP contribution in [0.15, 0.2) is 6.33 Å². The van der Waals surface area contributed by atoms with Crippen molar-refractivity contribution < 1.29 is 9.53 Å². The van der Waals surface area contributed by atoms with E-state index in [4.69, 9.17) is 16.3 Å². The van der Waals surface area contributed by atoms with Gasteiger partial charge in [0.2, 0.25) is 11.2 Å². The first-order valence-corrected chi connectivity index (χ1v) is 7.80. The van der Waals surface area contributed by atoms with E-state index in [1.165, 1.54) is 6.33 Å². The summed E-state index contributed by atoms with van der Waals surface area (Å²) in [5.41, 5.74) is -0.470. The van der Waals surface area contributed by atoms with Crippen molar-refractivity contribution in [2.45, 2.75) is 51.7 Å². The van der Waals surface area contributed by atoms with Crippen molar-refractivity contribution in [2.75, 3.05) is 18.4 Å². The molecule has 1 amide bonds. The fourth-order valence-electron chi connectivity index (χ4n) is 2.28. The Balaban J connectivity index is 1.88. The normalized spacial score (nSPS) is 19.5. The van der Waals surface area contributed by atoms with Crippen molar-refractivity contribution in [3.63, 3.8) is 0 Å². The fourth-order valence-corrected chi connectivity index (χ4v) is 2.40. The van der Waals surface area contributed by atoms with E-state index >= 15 is 0 Å². The third kappa shape index (κ3) is 5.29. The van der Waals surface area contributed by atoms with Crippen LogP contribution in [0.2, 0.25) is 5.28 Å². The van der Waals surface area contributed by atoms with E-state index in [1.807, 2.05) is 20.8 Å². The summed E-state index contributed by atoms with van der Waals surface area (Å²) in [7, 11) is 0. The number of ether oxygens (including phenoxy) is 1. The maximum atomic E-state index is 12.1. The second-order valence-corrected chi connectivity index (χ2v) is 6.66. The van der Waals surface area contributed by atoms with Crippen LogP contribution in [0.1, 0.15) is 40.0 Å². The molecule has 1 aliphatic rings. The average molecular weight is 328 g/mol. The average Bonchev–Trinajstić information content (AvgIpc) is 2.62. The molecular formula is C14H22ClN5O2. The predicted octanol–water partition coefficient (Wildman–Crippen LogP) is 2.73. The molecule has 1 saturated heterocycles. The quantitative estimate of drug-likeness (QED) is 0.899. The predicted molar refractivity (Wildman–Crippen MR) is 83.9 cm³/mol. The number of aromatic nitrogens is 3. The second kappa shape index (κ2) is 7.09. The fraction of sp³-hybridized carbons (Fsp3) is 0.714. The Kier molecular flexibility index (Phi) is 5.39. The van der Waals surface area contributed by atoms with Gasteiger partial charge in [0.15, 0.2) is 0 Å². The van der Waals surface area contributed by atoms with E-state index < -0.39 is 5.60 Å². The van der Waals surface area contributed by atoms with Crippen LogP contribution in [-0.4, -0.2) is 50.7 Å². The van der Waals surface area contributed by atoms with Crippen LogP contribution >= 0.6 is 11.6 Å². The van der Waals surface area contributed by atoms with Crippen LogP contribution in [0.25, 0.3) is 0 Å². The first-order chi connectivity index (χ1) is 10.3. The molecule has 1 unspecified atom stereocenters. The maximum Gasteiger partial charge on any atom is 0.410 e. The number of anilines is 1. The molecule has 1 fully saturated rings. The molecule has 1 atom stereocenters. The van der Waals surface area contributed by atoms with E-state index in [0.29, 0.717) is 19.0 Å². The number of amides is 1. The van der Waals surface area contributed by atoms with E-state index in [-0.39, 0.29) is 17.4 Å². The van der Waals surface area contributed by atoms with Crippen LogP contribution in [0, 0.1) is 0 Å². The highest BCUT2D eigenvalue weighted by Crippen LogP contribution is 2.17. The molecular weight excluding hydrogens is 306 g/mol. The van der Waals surface area contributed by atoms with Crippen LogP contribution < -0.4 is 5.32 Å². The minimum atomic E-state index is -0.470. The van der Waals surface area contributed by atoms with E-state index in [1.54, 1.807) is 4.90 Å². The van der Waals surface area contributed by atoms with Crippen LogP contribution in [0.5, 0.6) is 0 Å². The SMILES string of the molecule is CC(C)(C)OC(=O)N1CCCC(Nc2ncnc(Cl)n2)CC1. The summed E-state index contributed by atoms with van der Waals surface area (Å²) < 4.78 is 5.42. The molecule has 22 heavy (non-hydrogen) atoms. The smallest absolute Gasteiger partial charge is 0.410 e. The summed E-state index contributed by atoms with van der Waals surface area (Å²) >= 11 is 5.75. The summed E-state index contributed by atoms with van der Waals surface area (Å²) in [6.07, 6.45) is 3.76. The molecule has 0 aromatic carbocycles. The summed E-state index contributed by atoms with van der Waals surface area (Å²) in [6.45, 7) is 6.96. The van der Waals surface area contributed by atoms with E-state index in [0.717, 1.165) is 19.3 Å². The number of carbonyl (C=O) groups excluding carboxylic acids is 1. The molecule has 1 aromatic rings. The van der Waals surface area contributed by atoms with Gasteiger partial charge in [-0.15, -0.1) is 0 Å². The van der Waals surface area contributed by atoms with Gasteiger partial charge in [0, 0.05) is 19.1 Å². The van der Waals surface area contributed by atoms with Crippen molar-refractivity contribution in [3.05, 3.63) is 11.6 Å². The zero-order valence-electron chi connectivity index (χ0n) is 13.2. The molecule has 2 rings (SSSR count). The third-order valence-corrected chi connectivity index (χ3v) is 3.44. The number of hydrogen-bond acceptors (Lipinski definition) is 6. The topological polar surface area (TPSA) is 80.2 Å². The van der Waals surface area contributed by atoms with Crippen LogP contribution in [0.3, 0.4) is 0 Å². The van der Waals surface area contributed by atoms with Gasteiger partial charge in [0.05, 0.1) is 0 Å². The van der Waals surface area contributed by atoms with Gasteiger partial charge < -0.3 is 15.0 Å². The van der Waals surface area contributed by atoms with Gasteiger partial charge >= 0.3 is 6.09 Å².